The monoisotopic (exact) mass is 332 g/mol. The van der Waals surface area contributed by atoms with Crippen molar-refractivity contribution in [3.8, 4) is 5.75 Å². The molecule has 2 aromatic carbocycles. The summed E-state index contributed by atoms with van der Waals surface area (Å²) in [5.74, 6) is 1.86. The Kier molecular flexibility index (Phi) is 2.79. The maximum atomic E-state index is 6.01. The summed E-state index contributed by atoms with van der Waals surface area (Å²) in [6.45, 7) is 0. The number of hydrogen-bond donors (Lipinski definition) is 3. The Balaban J connectivity index is 1.75. The summed E-state index contributed by atoms with van der Waals surface area (Å²) in [5.41, 5.74) is 9.95. The van der Waals surface area contributed by atoms with Crippen molar-refractivity contribution in [3.63, 3.8) is 0 Å². The fraction of sp³-hybridized carbons (Fsp3) is 0.111. The zero-order chi connectivity index (χ0) is 17.0. The van der Waals surface area contributed by atoms with E-state index in [2.05, 4.69) is 24.8 Å². The second kappa shape index (κ2) is 5.01. The van der Waals surface area contributed by atoms with Gasteiger partial charge in [0.05, 0.1) is 18.1 Å². The van der Waals surface area contributed by atoms with Gasteiger partial charge in [-0.15, -0.1) is 0 Å². The fourth-order valence-corrected chi connectivity index (χ4v) is 3.39. The zero-order valence-electron chi connectivity index (χ0n) is 13.5. The van der Waals surface area contributed by atoms with Crippen LogP contribution in [-0.2, 0) is 0 Å². The number of methoxy groups -OCH3 is 1. The molecule has 1 aliphatic heterocycles. The Morgan fingerprint density at radius 3 is 2.96 bits per heavy atom. The van der Waals surface area contributed by atoms with Gasteiger partial charge in [-0.1, -0.05) is 12.1 Å². The molecule has 0 bridgehead atoms. The third kappa shape index (κ3) is 1.99. The van der Waals surface area contributed by atoms with Crippen molar-refractivity contribution in [2.45, 2.75) is 6.17 Å². The number of para-hydroxylation sites is 2. The van der Waals surface area contributed by atoms with Crippen LogP contribution in [0.4, 0.5) is 5.95 Å². The maximum Gasteiger partial charge on any atom is 0.212 e. The van der Waals surface area contributed by atoms with E-state index in [0.717, 1.165) is 33.2 Å². The number of anilines is 1. The highest BCUT2D eigenvalue weighted by Gasteiger charge is 2.26. The largest absolute Gasteiger partial charge is 0.497 e. The number of ether oxygens (including phenoxy) is 1. The van der Waals surface area contributed by atoms with Gasteiger partial charge >= 0.3 is 0 Å². The normalized spacial score (nSPS) is 16.5. The molecule has 0 saturated heterocycles. The number of nitrogens with zero attached hydrogens (tertiary/aromatic N) is 3. The van der Waals surface area contributed by atoms with Crippen molar-refractivity contribution in [1.82, 2.24) is 14.5 Å². The first kappa shape index (κ1) is 13.9. The number of guanidine groups is 1. The third-order valence-electron chi connectivity index (χ3n) is 4.54. The first-order valence-electron chi connectivity index (χ1n) is 7.97. The molecule has 1 atom stereocenters. The van der Waals surface area contributed by atoms with Crippen molar-refractivity contribution < 1.29 is 4.74 Å². The molecule has 0 aliphatic carbocycles. The number of nitrogens with two attached hydrogens (primary N) is 1. The van der Waals surface area contributed by atoms with Gasteiger partial charge in [0.25, 0.3) is 0 Å². The molecule has 1 aliphatic rings. The van der Waals surface area contributed by atoms with E-state index in [4.69, 9.17) is 10.5 Å². The average Bonchev–Trinajstić information content (AvgIpc) is 3.21. The molecule has 0 fully saturated rings. The molecule has 0 saturated carbocycles. The molecule has 124 valence electrons. The molecule has 5 rings (SSSR count). The van der Waals surface area contributed by atoms with Gasteiger partial charge in [0.2, 0.25) is 5.95 Å². The lowest BCUT2D eigenvalue weighted by molar-refractivity contribution is 0.415. The van der Waals surface area contributed by atoms with Gasteiger partial charge in [0.15, 0.2) is 12.1 Å². The predicted octanol–water partition coefficient (Wildman–Crippen LogP) is 2.81. The number of fused-ring (bicyclic) bond motifs is 4. The Morgan fingerprint density at radius 2 is 2.08 bits per heavy atom. The van der Waals surface area contributed by atoms with Crippen LogP contribution in [0.5, 0.6) is 5.75 Å². The minimum atomic E-state index is -0.286. The van der Waals surface area contributed by atoms with Gasteiger partial charge in [0.1, 0.15) is 5.75 Å². The topological polar surface area (TPSA) is 93.2 Å². The van der Waals surface area contributed by atoms with E-state index in [9.17, 15) is 0 Å². The molecule has 4 N–H and O–H groups in total. The molecule has 4 aromatic rings. The lowest BCUT2D eigenvalue weighted by Crippen LogP contribution is -2.31. The lowest BCUT2D eigenvalue weighted by atomic mass is 10.1. The van der Waals surface area contributed by atoms with Crippen LogP contribution >= 0.6 is 0 Å². The number of benzene rings is 2. The molecule has 0 spiro atoms. The Bertz CT molecular complexity index is 1140. The lowest BCUT2D eigenvalue weighted by Gasteiger charge is -2.23. The van der Waals surface area contributed by atoms with E-state index in [1.54, 1.807) is 7.11 Å². The van der Waals surface area contributed by atoms with Crippen LogP contribution in [0.1, 0.15) is 11.7 Å². The second-order valence-corrected chi connectivity index (χ2v) is 5.96. The highest BCUT2D eigenvalue weighted by atomic mass is 16.5. The van der Waals surface area contributed by atoms with Crippen LogP contribution in [0.25, 0.3) is 21.9 Å². The number of H-pyrrole nitrogens is 1. The molecule has 0 amide bonds. The quantitative estimate of drug-likeness (QED) is 0.526. The van der Waals surface area contributed by atoms with Crippen molar-refractivity contribution in [3.05, 3.63) is 54.2 Å². The van der Waals surface area contributed by atoms with E-state index < -0.39 is 0 Å². The van der Waals surface area contributed by atoms with E-state index in [-0.39, 0.29) is 6.17 Å². The van der Waals surface area contributed by atoms with Crippen molar-refractivity contribution in [1.29, 1.82) is 0 Å². The minimum Gasteiger partial charge on any atom is -0.497 e. The van der Waals surface area contributed by atoms with Gasteiger partial charge < -0.3 is 15.5 Å². The number of aromatic nitrogens is 3. The number of nitrogens with one attached hydrogen (secondary N) is 2. The number of imidazole rings is 1. The van der Waals surface area contributed by atoms with E-state index in [1.165, 1.54) is 0 Å². The molecule has 25 heavy (non-hydrogen) atoms. The summed E-state index contributed by atoms with van der Waals surface area (Å²) in [4.78, 5) is 12.6. The number of rotatable bonds is 2. The average molecular weight is 332 g/mol. The van der Waals surface area contributed by atoms with Crippen molar-refractivity contribution >= 4 is 33.8 Å². The van der Waals surface area contributed by atoms with Crippen LogP contribution in [-0.4, -0.2) is 27.6 Å². The van der Waals surface area contributed by atoms with Crippen molar-refractivity contribution in [2.75, 3.05) is 12.4 Å². The van der Waals surface area contributed by atoms with E-state index in [0.29, 0.717) is 11.9 Å². The number of aliphatic imine (C=N–C) groups is 1. The van der Waals surface area contributed by atoms with Crippen molar-refractivity contribution in [2.24, 2.45) is 10.7 Å². The number of aromatic amines is 1. The molecule has 2 aromatic heterocycles. The SMILES string of the molecule is COc1ccc2c([C@H]3N=C(N)Nc4nc5ccccc5n43)c[nH]c2c1. The van der Waals surface area contributed by atoms with Gasteiger partial charge in [0, 0.05) is 28.7 Å². The van der Waals surface area contributed by atoms with Gasteiger partial charge in [-0.3, -0.25) is 9.88 Å². The van der Waals surface area contributed by atoms with Crippen LogP contribution in [0.2, 0.25) is 0 Å². The maximum absolute atomic E-state index is 6.01. The molecule has 0 radical (unpaired) electrons. The van der Waals surface area contributed by atoms with Gasteiger partial charge in [-0.2, -0.15) is 0 Å². The van der Waals surface area contributed by atoms with E-state index >= 15 is 0 Å². The first-order valence-corrected chi connectivity index (χ1v) is 7.97. The Labute approximate surface area is 143 Å². The minimum absolute atomic E-state index is 0.286. The molecule has 3 heterocycles. The van der Waals surface area contributed by atoms with E-state index in [1.807, 2.05) is 48.7 Å². The summed E-state index contributed by atoms with van der Waals surface area (Å²) in [5, 5.41) is 4.13. The summed E-state index contributed by atoms with van der Waals surface area (Å²) >= 11 is 0. The van der Waals surface area contributed by atoms with Crippen LogP contribution in [0.15, 0.2) is 53.7 Å². The standard InChI is InChI=1S/C18H16N6O/c1-25-10-6-7-11-12(9-20-14(11)8-10)16-22-17(19)23-18-21-13-4-2-3-5-15(13)24(16)18/h2-9,16,20H,1H3,(H3,19,21,22,23)/t16-/m0/s1. The van der Waals surface area contributed by atoms with Crippen LogP contribution in [0.3, 0.4) is 0 Å². The smallest absolute Gasteiger partial charge is 0.212 e. The molecular formula is C18H16N6O. The highest BCUT2D eigenvalue weighted by molar-refractivity contribution is 5.95. The summed E-state index contributed by atoms with van der Waals surface area (Å²) in [6.07, 6.45) is 1.68. The second-order valence-electron chi connectivity index (χ2n) is 5.96. The summed E-state index contributed by atoms with van der Waals surface area (Å²) in [6, 6.07) is 13.9. The molecule has 0 unspecified atom stereocenters. The summed E-state index contributed by atoms with van der Waals surface area (Å²) in [7, 11) is 1.66. The fourth-order valence-electron chi connectivity index (χ4n) is 3.39. The molecular weight excluding hydrogens is 316 g/mol. The Morgan fingerprint density at radius 1 is 1.20 bits per heavy atom. The summed E-state index contributed by atoms with van der Waals surface area (Å²) < 4.78 is 7.37. The molecule has 7 heteroatoms. The van der Waals surface area contributed by atoms with Gasteiger partial charge in [-0.05, 0) is 24.3 Å². The van der Waals surface area contributed by atoms with Crippen LogP contribution < -0.4 is 15.8 Å². The highest BCUT2D eigenvalue weighted by Crippen LogP contribution is 2.36. The predicted molar refractivity (Wildman–Crippen MR) is 98.0 cm³/mol. The van der Waals surface area contributed by atoms with Crippen LogP contribution in [0, 0.1) is 0 Å². The van der Waals surface area contributed by atoms with Gasteiger partial charge in [-0.25, -0.2) is 9.98 Å². The number of hydrogen-bond acceptors (Lipinski definition) is 5. The first-order chi connectivity index (χ1) is 12.2. The zero-order valence-corrected chi connectivity index (χ0v) is 13.5. The third-order valence-corrected chi connectivity index (χ3v) is 4.54. The Hall–Kier alpha value is -3.48. The molecule has 7 nitrogen and oxygen atoms in total.